The largest absolute Gasteiger partial charge is 0.494 e. The summed E-state index contributed by atoms with van der Waals surface area (Å²) >= 11 is 0. The Labute approximate surface area is 138 Å². The predicted molar refractivity (Wildman–Crippen MR) is 89.0 cm³/mol. The Morgan fingerprint density at radius 1 is 1.41 bits per heavy atom. The van der Waals surface area contributed by atoms with E-state index in [4.69, 9.17) is 10.5 Å². The number of likely N-dealkylation sites (N-methyl/N-ethyl adjacent to an activating group) is 1. The third-order valence-corrected chi connectivity index (χ3v) is 3.65. The van der Waals surface area contributed by atoms with Gasteiger partial charge in [-0.3, -0.25) is 4.79 Å². The first-order chi connectivity index (χ1) is 9.85. The van der Waals surface area contributed by atoms with Gasteiger partial charge in [-0.25, -0.2) is 4.39 Å². The molecule has 1 atom stereocenters. The molecule has 22 heavy (non-hydrogen) atoms. The van der Waals surface area contributed by atoms with Crippen LogP contribution in [0.1, 0.15) is 25.8 Å². The van der Waals surface area contributed by atoms with Gasteiger partial charge in [-0.2, -0.15) is 0 Å². The lowest BCUT2D eigenvalue weighted by Gasteiger charge is -2.21. The highest BCUT2D eigenvalue weighted by Gasteiger charge is 2.14. The monoisotopic (exact) mass is 332 g/mol. The Bertz CT molecular complexity index is 483. The number of hydrogen-bond donors (Lipinski definition) is 1. The fraction of sp³-hybridized carbons (Fsp3) is 0.562. The van der Waals surface area contributed by atoms with Crippen molar-refractivity contribution in [1.82, 2.24) is 4.90 Å². The fourth-order valence-corrected chi connectivity index (χ4v) is 1.93. The van der Waals surface area contributed by atoms with E-state index in [0.717, 1.165) is 6.42 Å². The zero-order valence-electron chi connectivity index (χ0n) is 13.6. The summed E-state index contributed by atoms with van der Waals surface area (Å²) in [4.78, 5) is 13.7. The molecule has 0 heterocycles. The number of benzene rings is 1. The standard InChI is InChI=1S/C16H25FN2O2.ClH/c1-11(2)14(18)7-8-19(3)16(20)10-12-5-6-15(21-4)13(17)9-12;/h5-6,9,11,14H,7-8,10,18H2,1-4H3;1H. The van der Waals surface area contributed by atoms with Crippen molar-refractivity contribution < 1.29 is 13.9 Å². The fourth-order valence-electron chi connectivity index (χ4n) is 1.93. The van der Waals surface area contributed by atoms with Crippen LogP contribution in [0.2, 0.25) is 0 Å². The Balaban J connectivity index is 0.00000441. The quantitative estimate of drug-likeness (QED) is 0.835. The second-order valence-electron chi connectivity index (χ2n) is 5.66. The maximum absolute atomic E-state index is 13.6. The van der Waals surface area contributed by atoms with E-state index < -0.39 is 5.82 Å². The van der Waals surface area contributed by atoms with Crippen molar-refractivity contribution in [1.29, 1.82) is 0 Å². The van der Waals surface area contributed by atoms with Crippen molar-refractivity contribution in [3.8, 4) is 5.75 Å². The van der Waals surface area contributed by atoms with Crippen LogP contribution < -0.4 is 10.5 Å². The van der Waals surface area contributed by atoms with Crippen molar-refractivity contribution in [3.05, 3.63) is 29.6 Å². The van der Waals surface area contributed by atoms with Gasteiger partial charge in [-0.05, 0) is 30.0 Å². The summed E-state index contributed by atoms with van der Waals surface area (Å²) in [5.74, 6) is 0.0782. The molecule has 4 nitrogen and oxygen atoms in total. The van der Waals surface area contributed by atoms with E-state index in [1.807, 2.05) is 0 Å². The maximum atomic E-state index is 13.6. The molecule has 1 rings (SSSR count). The summed E-state index contributed by atoms with van der Waals surface area (Å²) in [7, 11) is 3.16. The molecule has 2 N–H and O–H groups in total. The number of rotatable bonds is 7. The summed E-state index contributed by atoms with van der Waals surface area (Å²) in [6.07, 6.45) is 0.936. The van der Waals surface area contributed by atoms with E-state index in [0.29, 0.717) is 18.0 Å². The minimum absolute atomic E-state index is 0. The van der Waals surface area contributed by atoms with Gasteiger partial charge in [-0.15, -0.1) is 12.4 Å². The molecule has 0 fully saturated rings. The second kappa shape index (κ2) is 9.64. The molecule has 1 amide bonds. The molecule has 0 spiro atoms. The van der Waals surface area contributed by atoms with Crippen molar-refractivity contribution in [2.45, 2.75) is 32.7 Å². The molecule has 126 valence electrons. The highest BCUT2D eigenvalue weighted by Crippen LogP contribution is 2.18. The summed E-state index contributed by atoms with van der Waals surface area (Å²) in [6.45, 7) is 4.73. The van der Waals surface area contributed by atoms with Crippen molar-refractivity contribution >= 4 is 18.3 Å². The third-order valence-electron chi connectivity index (χ3n) is 3.65. The first-order valence-corrected chi connectivity index (χ1v) is 7.17. The smallest absolute Gasteiger partial charge is 0.226 e. The minimum Gasteiger partial charge on any atom is -0.494 e. The zero-order valence-corrected chi connectivity index (χ0v) is 14.5. The number of halogens is 2. The normalized spacial score (nSPS) is 11.8. The summed E-state index contributed by atoms with van der Waals surface area (Å²) in [5, 5.41) is 0. The van der Waals surface area contributed by atoms with Gasteiger partial charge in [0.25, 0.3) is 0 Å². The van der Waals surface area contributed by atoms with Gasteiger partial charge in [0.05, 0.1) is 13.5 Å². The molecule has 1 unspecified atom stereocenters. The molecular formula is C16H26ClFN2O2. The number of hydrogen-bond acceptors (Lipinski definition) is 3. The number of ether oxygens (including phenoxy) is 1. The van der Waals surface area contributed by atoms with Crippen molar-refractivity contribution in [3.63, 3.8) is 0 Å². The maximum Gasteiger partial charge on any atom is 0.226 e. The summed E-state index contributed by atoms with van der Waals surface area (Å²) < 4.78 is 18.4. The number of nitrogens with zero attached hydrogens (tertiary/aromatic N) is 1. The van der Waals surface area contributed by atoms with Gasteiger partial charge in [0.1, 0.15) is 0 Å². The van der Waals surface area contributed by atoms with Gasteiger partial charge >= 0.3 is 0 Å². The van der Waals surface area contributed by atoms with Crippen molar-refractivity contribution in [2.75, 3.05) is 20.7 Å². The number of amides is 1. The highest BCUT2D eigenvalue weighted by molar-refractivity contribution is 5.85. The lowest BCUT2D eigenvalue weighted by Crippen LogP contribution is -2.35. The Kier molecular flexibility index (Phi) is 9.06. The molecule has 0 aliphatic heterocycles. The van der Waals surface area contributed by atoms with Crippen LogP contribution in [-0.4, -0.2) is 37.6 Å². The van der Waals surface area contributed by atoms with E-state index in [2.05, 4.69) is 13.8 Å². The molecule has 1 aromatic rings. The number of nitrogens with two attached hydrogens (primary N) is 1. The van der Waals surface area contributed by atoms with Gasteiger partial charge < -0.3 is 15.4 Å². The molecule has 1 aromatic carbocycles. The third kappa shape index (κ3) is 6.20. The Morgan fingerprint density at radius 2 is 2.05 bits per heavy atom. The van der Waals surface area contributed by atoms with Gasteiger partial charge in [0, 0.05) is 19.6 Å². The molecule has 0 radical (unpaired) electrons. The summed E-state index contributed by atoms with van der Waals surface area (Å²) in [5.41, 5.74) is 6.61. The van der Waals surface area contributed by atoms with E-state index in [9.17, 15) is 9.18 Å². The van der Waals surface area contributed by atoms with Crippen LogP contribution in [0.25, 0.3) is 0 Å². The first kappa shape index (κ1) is 20.7. The Morgan fingerprint density at radius 3 is 2.55 bits per heavy atom. The average Bonchev–Trinajstić information content (AvgIpc) is 2.44. The first-order valence-electron chi connectivity index (χ1n) is 7.17. The topological polar surface area (TPSA) is 55.6 Å². The van der Waals surface area contributed by atoms with E-state index >= 15 is 0 Å². The van der Waals surface area contributed by atoms with E-state index in [1.54, 1.807) is 18.0 Å². The lowest BCUT2D eigenvalue weighted by molar-refractivity contribution is -0.129. The number of methoxy groups -OCH3 is 1. The average molecular weight is 333 g/mol. The second-order valence-corrected chi connectivity index (χ2v) is 5.66. The Hall–Kier alpha value is -1.33. The van der Waals surface area contributed by atoms with Crippen LogP contribution in [0.15, 0.2) is 18.2 Å². The molecule has 6 heteroatoms. The van der Waals surface area contributed by atoms with Crippen LogP contribution in [-0.2, 0) is 11.2 Å². The van der Waals surface area contributed by atoms with Crippen LogP contribution in [0.5, 0.6) is 5.75 Å². The number of carbonyl (C=O) groups excluding carboxylic acids is 1. The lowest BCUT2D eigenvalue weighted by atomic mass is 10.0. The molecule has 0 bridgehead atoms. The molecule has 0 aliphatic carbocycles. The van der Waals surface area contributed by atoms with Gasteiger partial charge in [0.2, 0.25) is 5.91 Å². The minimum atomic E-state index is -0.452. The SMILES string of the molecule is COc1ccc(CC(=O)N(C)CCC(N)C(C)C)cc1F.Cl. The molecule has 0 saturated heterocycles. The van der Waals surface area contributed by atoms with Gasteiger partial charge in [0.15, 0.2) is 11.6 Å². The van der Waals surface area contributed by atoms with E-state index in [1.165, 1.54) is 19.2 Å². The van der Waals surface area contributed by atoms with Crippen LogP contribution >= 0.6 is 12.4 Å². The van der Waals surface area contributed by atoms with Crippen LogP contribution in [0, 0.1) is 11.7 Å². The zero-order chi connectivity index (χ0) is 16.0. The molecule has 0 aliphatic rings. The number of carbonyl (C=O) groups is 1. The molecule has 0 saturated carbocycles. The van der Waals surface area contributed by atoms with Gasteiger partial charge in [-0.1, -0.05) is 19.9 Å². The van der Waals surface area contributed by atoms with Crippen LogP contribution in [0.4, 0.5) is 4.39 Å². The molecular weight excluding hydrogens is 307 g/mol. The highest BCUT2D eigenvalue weighted by atomic mass is 35.5. The van der Waals surface area contributed by atoms with E-state index in [-0.39, 0.29) is 36.5 Å². The molecule has 0 aromatic heterocycles. The summed E-state index contributed by atoms with van der Waals surface area (Å²) in [6, 6.07) is 4.66. The van der Waals surface area contributed by atoms with Crippen LogP contribution in [0.3, 0.4) is 0 Å². The van der Waals surface area contributed by atoms with Crippen molar-refractivity contribution in [2.24, 2.45) is 11.7 Å². The predicted octanol–water partition coefficient (Wildman–Crippen LogP) is 2.63.